The van der Waals surface area contributed by atoms with Gasteiger partial charge in [0.25, 0.3) is 0 Å². The number of unbranched alkanes of at least 4 members (excludes halogenated alkanes) is 6. The van der Waals surface area contributed by atoms with Crippen molar-refractivity contribution in [2.24, 2.45) is 0 Å². The maximum Gasteiger partial charge on any atom is -0.0125 e. The molecule has 0 N–H and O–H groups in total. The average Bonchev–Trinajstić information content (AvgIpc) is 1.71. The molecule has 0 aliphatic carbocycles. The molecule has 88 heavy (non-hydrogen) atoms. The van der Waals surface area contributed by atoms with Crippen molar-refractivity contribution in [3.63, 3.8) is 0 Å². The van der Waals surface area contributed by atoms with Crippen LogP contribution in [0.25, 0.3) is 11.1 Å². The van der Waals surface area contributed by atoms with Crippen molar-refractivity contribution in [1.29, 1.82) is 0 Å². The second-order valence-corrected chi connectivity index (χ2v) is 32.4. The van der Waals surface area contributed by atoms with E-state index in [1.54, 1.807) is 11.1 Å². The first kappa shape index (κ1) is 78.6. The van der Waals surface area contributed by atoms with Crippen molar-refractivity contribution in [2.75, 3.05) is 0 Å². The molecule has 0 fully saturated rings. The highest BCUT2D eigenvalue weighted by molar-refractivity contribution is 5.71. The number of hydrogen-bond donors (Lipinski definition) is 0. The molecule has 0 radical (unpaired) electrons. The third kappa shape index (κ3) is 29.0. The lowest BCUT2D eigenvalue weighted by Crippen LogP contribution is -2.16. The number of rotatable bonds is 11. The zero-order chi connectivity index (χ0) is 67.2. The van der Waals surface area contributed by atoms with Crippen LogP contribution in [-0.4, -0.2) is 0 Å². The zero-order valence-electron chi connectivity index (χ0n) is 62.8. The van der Waals surface area contributed by atoms with E-state index in [2.05, 4.69) is 341 Å². The zero-order valence-corrected chi connectivity index (χ0v) is 62.8. The minimum atomic E-state index is 0.210. The fourth-order valence-electron chi connectivity index (χ4n) is 10.6. The highest BCUT2D eigenvalue weighted by Crippen LogP contribution is 2.34. The molecule has 0 aromatic heterocycles. The molecule has 0 spiro atoms. The van der Waals surface area contributed by atoms with Crippen molar-refractivity contribution < 1.29 is 0 Å². The van der Waals surface area contributed by atoms with Crippen LogP contribution in [0.3, 0.4) is 0 Å². The summed E-state index contributed by atoms with van der Waals surface area (Å²) < 4.78 is 0. The molecule has 0 heterocycles. The Morgan fingerprint density at radius 3 is 0.920 bits per heavy atom. The van der Waals surface area contributed by atoms with Crippen LogP contribution in [0.2, 0.25) is 0 Å². The molecule has 0 unspecified atom stereocenters. The number of aryl methyl sites for hydroxylation is 11. The topological polar surface area (TPSA) is 0 Å². The van der Waals surface area contributed by atoms with Crippen molar-refractivity contribution in [2.45, 2.75) is 304 Å². The van der Waals surface area contributed by atoms with E-state index in [1.807, 2.05) is 0 Å². The van der Waals surface area contributed by atoms with Crippen LogP contribution in [0.5, 0.6) is 0 Å². The van der Waals surface area contributed by atoms with Crippen molar-refractivity contribution in [3.8, 4) is 11.1 Å². The maximum atomic E-state index is 2.45. The normalized spacial score (nSPS) is 11.8. The Morgan fingerprint density at radius 2 is 0.580 bits per heavy atom. The molecule has 0 atom stereocenters. The minimum Gasteiger partial charge on any atom is -0.0654 e. The number of hydrogen-bond acceptors (Lipinski definition) is 0. The molecular formula is C88H132. The Hall–Kier alpha value is -5.46. The maximum absolute atomic E-state index is 2.45. The molecule has 0 saturated carbocycles. The van der Waals surface area contributed by atoms with Gasteiger partial charge >= 0.3 is 0 Å². The Morgan fingerprint density at radius 1 is 0.250 bits per heavy atom. The van der Waals surface area contributed by atoms with E-state index in [1.165, 1.54) is 164 Å². The summed E-state index contributed by atoms with van der Waals surface area (Å²) in [4.78, 5) is 0. The predicted molar refractivity (Wildman–Crippen MR) is 399 cm³/mol. The molecule has 0 bridgehead atoms. The fourth-order valence-corrected chi connectivity index (χ4v) is 10.6. The lowest BCUT2D eigenvalue weighted by atomic mass is 9.80. The van der Waals surface area contributed by atoms with E-state index < -0.39 is 0 Å². The standard InChI is InChI=1S/C19H24.C19H32.C15H24.C13H20.2C11H16/c1-13-7-9-16(10-8-13)18-14(2)11-17(12-15(18)3)19(4,5)6;1-4-6-8-10-12-18-14-17(3)15-19(16-18)13-11-9-7-5-2;1-11-8-12(14(2,3)4)10-13(9-11)15(5,6)7;1-9-7-12(13(4,5)6)8-10(2)11(9)3;1-9-5-7-10(8-6-9)11(2,3)4;1-9-6-5-7-10(8-9)11(2,3)4/h7-12H,1-6H3;14-16H,4-13H2,1-3H3;8-10H,1-7H3;7-8H,1-6H3;2*5-8H,1-4H3. The van der Waals surface area contributed by atoms with Gasteiger partial charge in [-0.05, 0) is 211 Å². The highest BCUT2D eigenvalue weighted by Gasteiger charge is 2.21. The van der Waals surface area contributed by atoms with Crippen LogP contribution < -0.4 is 0 Å². The second-order valence-electron chi connectivity index (χ2n) is 32.4. The summed E-state index contributed by atoms with van der Waals surface area (Å²) in [5, 5.41) is 0. The highest BCUT2D eigenvalue weighted by atomic mass is 14.3. The molecule has 7 aromatic carbocycles. The molecule has 484 valence electrons. The smallest absolute Gasteiger partial charge is 0.0125 e. The Bertz CT molecular complexity index is 3030. The van der Waals surface area contributed by atoms with Crippen LogP contribution in [0, 0.1) is 69.2 Å². The fraction of sp³-hybridized carbons (Fsp3) is 0.523. The van der Waals surface area contributed by atoms with Crippen molar-refractivity contribution in [1.82, 2.24) is 0 Å². The van der Waals surface area contributed by atoms with Gasteiger partial charge in [-0.25, -0.2) is 0 Å². The van der Waals surface area contributed by atoms with Gasteiger partial charge in [-0.3, -0.25) is 0 Å². The van der Waals surface area contributed by atoms with Gasteiger partial charge in [-0.1, -0.05) is 338 Å². The predicted octanol–water partition coefficient (Wildman–Crippen LogP) is 26.9. The third-order valence-corrected chi connectivity index (χ3v) is 17.0. The lowest BCUT2D eigenvalue weighted by molar-refractivity contribution is 0.567. The van der Waals surface area contributed by atoms with Gasteiger partial charge in [-0.15, -0.1) is 0 Å². The molecule has 0 nitrogen and oxygen atoms in total. The van der Waals surface area contributed by atoms with Crippen LogP contribution in [-0.2, 0) is 45.3 Å². The Kier molecular flexibility index (Phi) is 31.5. The van der Waals surface area contributed by atoms with Crippen LogP contribution >= 0.6 is 0 Å². The first-order chi connectivity index (χ1) is 40.5. The Balaban J connectivity index is 0.000000365. The molecule has 7 rings (SSSR count). The van der Waals surface area contributed by atoms with Gasteiger partial charge in [-0.2, -0.15) is 0 Å². The summed E-state index contributed by atoms with van der Waals surface area (Å²) >= 11 is 0. The van der Waals surface area contributed by atoms with E-state index in [-0.39, 0.29) is 32.5 Å². The van der Waals surface area contributed by atoms with Gasteiger partial charge in [0.05, 0.1) is 0 Å². The summed E-state index contributed by atoms with van der Waals surface area (Å²) in [5.41, 5.74) is 29.7. The Labute approximate surface area is 546 Å². The first-order valence-corrected chi connectivity index (χ1v) is 34.1. The average molecular weight is 1190 g/mol. The lowest BCUT2D eigenvalue weighted by Gasteiger charge is -2.25. The first-order valence-electron chi connectivity index (χ1n) is 34.1. The molecule has 0 aliphatic rings. The van der Waals surface area contributed by atoms with Crippen molar-refractivity contribution >= 4 is 0 Å². The molecule has 0 amide bonds. The van der Waals surface area contributed by atoms with Gasteiger partial charge < -0.3 is 0 Å². The van der Waals surface area contributed by atoms with E-state index in [9.17, 15) is 0 Å². The SMILES string of the molecule is CCCCCCc1cc(C)cc(CCCCCC)c1.Cc1cc(C(C)(C)C)cc(C(C)(C)C)c1.Cc1cc(C(C)(C)C)cc(C)c1C.Cc1ccc(-c2c(C)cc(C(C)(C)C)cc2C)cc1.Cc1ccc(C(C)(C)C)cc1.Cc1cccc(C(C)(C)C)c1. The van der Waals surface area contributed by atoms with Crippen LogP contribution in [0.1, 0.15) is 290 Å². The van der Waals surface area contributed by atoms with E-state index >= 15 is 0 Å². The summed E-state index contributed by atoms with van der Waals surface area (Å²) in [6.45, 7) is 67.0. The summed E-state index contributed by atoms with van der Waals surface area (Å²) in [7, 11) is 0. The molecule has 0 saturated heterocycles. The van der Waals surface area contributed by atoms with Gasteiger partial charge in [0, 0.05) is 0 Å². The summed E-state index contributed by atoms with van der Waals surface area (Å²) in [5.74, 6) is 0. The van der Waals surface area contributed by atoms with Gasteiger partial charge in [0.15, 0.2) is 0 Å². The molecular weight excluding hydrogens is 1060 g/mol. The second kappa shape index (κ2) is 35.2. The van der Waals surface area contributed by atoms with Crippen molar-refractivity contribution in [3.05, 3.63) is 234 Å². The number of benzene rings is 7. The summed E-state index contributed by atoms with van der Waals surface area (Å²) in [6.07, 6.45) is 13.4. The molecule has 0 aliphatic heterocycles. The molecule has 0 heteroatoms. The third-order valence-electron chi connectivity index (χ3n) is 17.0. The van der Waals surface area contributed by atoms with E-state index in [0.29, 0.717) is 0 Å². The van der Waals surface area contributed by atoms with Crippen LogP contribution in [0.4, 0.5) is 0 Å². The van der Waals surface area contributed by atoms with E-state index in [4.69, 9.17) is 0 Å². The van der Waals surface area contributed by atoms with E-state index in [0.717, 1.165) is 0 Å². The quantitative estimate of drug-likeness (QED) is 0.113. The largest absolute Gasteiger partial charge is 0.0654 e. The minimum absolute atomic E-state index is 0.210. The molecule has 7 aromatic rings. The van der Waals surface area contributed by atoms with Gasteiger partial charge in [0.2, 0.25) is 0 Å². The summed E-state index contributed by atoms with van der Waals surface area (Å²) in [6, 6.07) is 49.7. The monoisotopic (exact) mass is 1190 g/mol. The van der Waals surface area contributed by atoms with Crippen LogP contribution in [0.15, 0.2) is 133 Å². The van der Waals surface area contributed by atoms with Gasteiger partial charge in [0.1, 0.15) is 0 Å².